The first-order valence-corrected chi connectivity index (χ1v) is 13.7. The normalized spacial score (nSPS) is 10.6. The number of hydrogen-bond acceptors (Lipinski definition) is 5. The van der Waals surface area contributed by atoms with Crippen molar-refractivity contribution in [3.05, 3.63) is 41.4 Å². The van der Waals surface area contributed by atoms with Crippen molar-refractivity contribution in [3.63, 3.8) is 0 Å². The van der Waals surface area contributed by atoms with Crippen molar-refractivity contribution in [2.24, 2.45) is 0 Å². The third kappa shape index (κ3) is 9.85. The number of diazo groups is 1. The fourth-order valence-electron chi connectivity index (χ4n) is 3.40. The molecule has 0 aliphatic carbocycles. The van der Waals surface area contributed by atoms with Crippen molar-refractivity contribution in [2.75, 3.05) is 19.8 Å². The minimum Gasteiger partial charge on any atom is -0.492 e. The zero-order chi connectivity index (χ0) is 24.4. The van der Waals surface area contributed by atoms with Crippen molar-refractivity contribution in [1.29, 1.82) is 5.39 Å². The predicted molar refractivity (Wildman–Crippen MR) is 141 cm³/mol. The van der Waals surface area contributed by atoms with Crippen molar-refractivity contribution < 1.29 is 14.2 Å². The first-order valence-electron chi connectivity index (χ1n) is 12.9. The Morgan fingerprint density at radius 2 is 1.21 bits per heavy atom. The van der Waals surface area contributed by atoms with Crippen LogP contribution >= 0.6 is 11.8 Å². The van der Waals surface area contributed by atoms with Gasteiger partial charge in [-0.1, -0.05) is 89.6 Å². The number of hydrogen-bond donors (Lipinski definition) is 0. The Bertz CT molecular complexity index is 882. The average Bonchev–Trinajstić information content (AvgIpc) is 2.85. The highest BCUT2D eigenvalue weighted by Gasteiger charge is 2.19. The van der Waals surface area contributed by atoms with Crippen LogP contribution in [0.1, 0.15) is 85.0 Å². The Labute approximate surface area is 210 Å². The number of unbranched alkanes of at least 4 members (excludes halogenated alkanes) is 7. The molecule has 2 aromatic carbocycles. The molecule has 0 atom stereocenters. The fraction of sp³-hybridized carbons (Fsp3) is 0.571. The van der Waals surface area contributed by atoms with E-state index in [0.717, 1.165) is 59.1 Å². The van der Waals surface area contributed by atoms with Crippen LogP contribution in [0.3, 0.4) is 0 Å². The molecule has 0 saturated carbocycles. The molecule has 0 unspecified atom stereocenters. The monoisotopic (exact) mass is 485 g/mol. The summed E-state index contributed by atoms with van der Waals surface area (Å²) >= 11 is 1.51. The molecule has 5 nitrogen and oxygen atoms in total. The SMILES string of the molecule is CCCCCCCCOc1cc(OCCCC)c(Sc2ccccc2[N+]#N)cc1OCCCC. The molecule has 0 bridgehead atoms. The van der Waals surface area contributed by atoms with Gasteiger partial charge in [0.2, 0.25) is 5.39 Å². The lowest BCUT2D eigenvalue weighted by atomic mass is 10.1. The lowest BCUT2D eigenvalue weighted by Gasteiger charge is -2.18. The third-order valence-corrected chi connectivity index (χ3v) is 6.57. The minimum atomic E-state index is 0.531. The van der Waals surface area contributed by atoms with E-state index in [1.54, 1.807) is 6.07 Å². The molecule has 0 radical (unpaired) electrons. The van der Waals surface area contributed by atoms with E-state index in [0.29, 0.717) is 25.5 Å². The van der Waals surface area contributed by atoms with Crippen LogP contribution in [0.2, 0.25) is 0 Å². The van der Waals surface area contributed by atoms with E-state index in [9.17, 15) is 5.39 Å². The van der Waals surface area contributed by atoms with Crippen LogP contribution in [0.15, 0.2) is 46.2 Å². The average molecular weight is 486 g/mol. The van der Waals surface area contributed by atoms with Gasteiger partial charge in [-0.2, -0.15) is 0 Å². The van der Waals surface area contributed by atoms with E-state index in [1.165, 1.54) is 43.9 Å². The fourth-order valence-corrected chi connectivity index (χ4v) is 4.38. The summed E-state index contributed by atoms with van der Waals surface area (Å²) in [5, 5.41) is 9.41. The largest absolute Gasteiger partial charge is 0.492 e. The quantitative estimate of drug-likeness (QED) is 0.155. The Balaban J connectivity index is 2.24. The summed E-state index contributed by atoms with van der Waals surface area (Å²) < 4.78 is 18.5. The van der Waals surface area contributed by atoms with Gasteiger partial charge >= 0.3 is 5.69 Å². The van der Waals surface area contributed by atoms with Gasteiger partial charge in [0.15, 0.2) is 16.5 Å². The molecule has 0 aliphatic heterocycles. The van der Waals surface area contributed by atoms with E-state index in [2.05, 4.69) is 25.7 Å². The molecule has 6 heteroatoms. The number of nitrogens with zero attached hydrogens (tertiary/aromatic N) is 2. The smallest absolute Gasteiger partial charge is 0.398 e. The van der Waals surface area contributed by atoms with Crippen molar-refractivity contribution in [3.8, 4) is 17.2 Å². The zero-order valence-electron chi connectivity index (χ0n) is 21.2. The van der Waals surface area contributed by atoms with E-state index in [1.807, 2.05) is 30.3 Å². The van der Waals surface area contributed by atoms with Gasteiger partial charge < -0.3 is 14.2 Å². The summed E-state index contributed by atoms with van der Waals surface area (Å²) in [4.78, 5) is 5.21. The van der Waals surface area contributed by atoms with Crippen LogP contribution in [-0.2, 0) is 0 Å². The van der Waals surface area contributed by atoms with Crippen molar-refractivity contribution in [2.45, 2.75) is 94.8 Å². The molecule has 2 rings (SSSR count). The van der Waals surface area contributed by atoms with Crippen LogP contribution < -0.4 is 14.2 Å². The second-order valence-corrected chi connectivity index (χ2v) is 9.52. The van der Waals surface area contributed by atoms with Gasteiger partial charge in [0.1, 0.15) is 10.6 Å². The number of ether oxygens (including phenoxy) is 3. The molecule has 0 aliphatic rings. The van der Waals surface area contributed by atoms with Crippen molar-refractivity contribution >= 4 is 17.4 Å². The van der Waals surface area contributed by atoms with Crippen LogP contribution in [0.25, 0.3) is 4.98 Å². The summed E-state index contributed by atoms with van der Waals surface area (Å²) in [6.45, 7) is 8.50. The maximum atomic E-state index is 9.41. The van der Waals surface area contributed by atoms with Crippen LogP contribution in [0.4, 0.5) is 5.69 Å². The highest BCUT2D eigenvalue weighted by Crippen LogP contribution is 2.45. The van der Waals surface area contributed by atoms with Crippen LogP contribution in [-0.4, -0.2) is 19.8 Å². The standard InChI is InChI=1S/C28H41N2O3S/c1-4-7-10-11-12-15-20-32-24-21-26(33-19-9-6-3)28(22-25(24)31-18-8-5-2)34-27-17-14-13-16-23(27)30-29/h13-14,16-17,21-22H,4-12,15,18-20H2,1-3H3/q+1. The second-order valence-electron chi connectivity index (χ2n) is 8.44. The lowest BCUT2D eigenvalue weighted by Crippen LogP contribution is -2.05. The summed E-state index contributed by atoms with van der Waals surface area (Å²) in [6, 6.07) is 11.5. The van der Waals surface area contributed by atoms with E-state index in [4.69, 9.17) is 14.2 Å². The number of rotatable bonds is 18. The minimum absolute atomic E-state index is 0.531. The lowest BCUT2D eigenvalue weighted by molar-refractivity contribution is 0.253. The van der Waals surface area contributed by atoms with Gasteiger partial charge in [-0.25, -0.2) is 0 Å². The topological polar surface area (TPSA) is 55.8 Å². The summed E-state index contributed by atoms with van der Waals surface area (Å²) in [5.41, 5.74) is 0.531. The first-order chi connectivity index (χ1) is 16.7. The molecule has 0 N–H and O–H groups in total. The summed E-state index contributed by atoms with van der Waals surface area (Å²) in [6.07, 6.45) is 11.4. The molecular weight excluding hydrogens is 444 g/mol. The molecule has 186 valence electrons. The molecule has 2 aromatic rings. The van der Waals surface area contributed by atoms with Gasteiger partial charge in [0.25, 0.3) is 0 Å². The molecule has 0 heterocycles. The third-order valence-electron chi connectivity index (χ3n) is 5.47. The highest BCUT2D eigenvalue weighted by atomic mass is 32.2. The Morgan fingerprint density at radius 1 is 0.647 bits per heavy atom. The second kappa shape index (κ2) is 17.1. The molecule has 34 heavy (non-hydrogen) atoms. The number of benzene rings is 2. The summed E-state index contributed by atoms with van der Waals surface area (Å²) in [5.74, 6) is 2.25. The van der Waals surface area contributed by atoms with Crippen LogP contribution in [0, 0.1) is 5.39 Å². The highest BCUT2D eigenvalue weighted by molar-refractivity contribution is 7.99. The Morgan fingerprint density at radius 3 is 1.88 bits per heavy atom. The predicted octanol–water partition coefficient (Wildman–Crippen LogP) is 9.42. The maximum absolute atomic E-state index is 9.41. The first kappa shape index (κ1) is 27.9. The zero-order valence-corrected chi connectivity index (χ0v) is 22.0. The molecule has 0 spiro atoms. The van der Waals surface area contributed by atoms with E-state index >= 15 is 0 Å². The van der Waals surface area contributed by atoms with Gasteiger partial charge in [-0.3, -0.25) is 0 Å². The maximum Gasteiger partial charge on any atom is 0.398 e. The molecule has 0 aromatic heterocycles. The van der Waals surface area contributed by atoms with Gasteiger partial charge in [-0.15, -0.1) is 0 Å². The Kier molecular flexibility index (Phi) is 14.0. The van der Waals surface area contributed by atoms with E-state index < -0.39 is 0 Å². The van der Waals surface area contributed by atoms with Gasteiger partial charge in [-0.05, 0) is 25.3 Å². The molecule has 0 amide bonds. The van der Waals surface area contributed by atoms with Crippen LogP contribution in [0.5, 0.6) is 17.2 Å². The van der Waals surface area contributed by atoms with Gasteiger partial charge in [0.05, 0.1) is 24.7 Å². The van der Waals surface area contributed by atoms with E-state index in [-0.39, 0.29) is 0 Å². The van der Waals surface area contributed by atoms with Crippen molar-refractivity contribution in [1.82, 2.24) is 0 Å². The van der Waals surface area contributed by atoms with Gasteiger partial charge in [0, 0.05) is 18.2 Å². The molecular formula is C28H41N2O3S+. The molecule has 0 fully saturated rings. The molecule has 0 saturated heterocycles. The Hall–Kier alpha value is -2.39. The summed E-state index contributed by atoms with van der Waals surface area (Å²) in [7, 11) is 0.